The van der Waals surface area contributed by atoms with E-state index in [0.29, 0.717) is 13.0 Å². The molecule has 0 aliphatic carbocycles. The summed E-state index contributed by atoms with van der Waals surface area (Å²) in [7, 11) is 1.80. The molecular weight excluding hydrogens is 200 g/mol. The molecule has 16 heavy (non-hydrogen) atoms. The summed E-state index contributed by atoms with van der Waals surface area (Å²) in [5.41, 5.74) is 6.84. The number of carbonyl (C=O) groups excluding carboxylic acids is 1. The highest BCUT2D eigenvalue weighted by Crippen LogP contribution is 2.04. The Morgan fingerprint density at radius 1 is 1.38 bits per heavy atom. The zero-order valence-corrected chi connectivity index (χ0v) is 10.0. The van der Waals surface area contributed by atoms with E-state index in [-0.39, 0.29) is 11.9 Å². The predicted octanol–water partition coefficient (Wildman–Crippen LogP) is 1.42. The lowest BCUT2D eigenvalue weighted by atomic mass is 10.1. The molecule has 0 aromatic heterocycles. The highest BCUT2D eigenvalue weighted by molar-refractivity contribution is 5.76. The molecule has 1 unspecified atom stereocenters. The van der Waals surface area contributed by atoms with Gasteiger partial charge in [0.2, 0.25) is 5.91 Å². The SMILES string of the molecule is CC(N)CN(C)C(=O)CCc1ccccc1. The number of benzene rings is 1. The van der Waals surface area contributed by atoms with Crippen molar-refractivity contribution in [3.63, 3.8) is 0 Å². The largest absolute Gasteiger partial charge is 0.344 e. The fraction of sp³-hybridized carbons (Fsp3) is 0.462. The standard InChI is InChI=1S/C13H20N2O/c1-11(14)10-15(2)13(16)9-8-12-6-4-3-5-7-12/h3-7,11H,8-10,14H2,1-2H3. The first-order valence-corrected chi connectivity index (χ1v) is 5.63. The predicted molar refractivity (Wildman–Crippen MR) is 66.0 cm³/mol. The van der Waals surface area contributed by atoms with Crippen LogP contribution in [0.3, 0.4) is 0 Å². The molecular formula is C13H20N2O. The van der Waals surface area contributed by atoms with Gasteiger partial charge in [0.15, 0.2) is 0 Å². The Morgan fingerprint density at radius 3 is 2.56 bits per heavy atom. The zero-order valence-electron chi connectivity index (χ0n) is 10.0. The third kappa shape index (κ3) is 4.45. The van der Waals surface area contributed by atoms with Crippen molar-refractivity contribution in [2.75, 3.05) is 13.6 Å². The number of amides is 1. The number of aryl methyl sites for hydroxylation is 1. The molecule has 88 valence electrons. The molecule has 3 nitrogen and oxygen atoms in total. The lowest BCUT2D eigenvalue weighted by molar-refractivity contribution is -0.130. The van der Waals surface area contributed by atoms with Crippen LogP contribution >= 0.6 is 0 Å². The molecule has 0 radical (unpaired) electrons. The van der Waals surface area contributed by atoms with E-state index < -0.39 is 0 Å². The Bertz CT molecular complexity index is 322. The van der Waals surface area contributed by atoms with E-state index in [1.165, 1.54) is 5.56 Å². The fourth-order valence-corrected chi connectivity index (χ4v) is 1.62. The number of hydrogen-bond acceptors (Lipinski definition) is 2. The maximum absolute atomic E-state index is 11.7. The topological polar surface area (TPSA) is 46.3 Å². The summed E-state index contributed by atoms with van der Waals surface area (Å²) in [6, 6.07) is 10.1. The average molecular weight is 220 g/mol. The summed E-state index contributed by atoms with van der Waals surface area (Å²) in [5, 5.41) is 0. The molecule has 3 heteroatoms. The van der Waals surface area contributed by atoms with Gasteiger partial charge in [-0.05, 0) is 18.9 Å². The second-order valence-corrected chi connectivity index (χ2v) is 4.24. The first kappa shape index (κ1) is 12.7. The minimum Gasteiger partial charge on any atom is -0.344 e. The first-order chi connectivity index (χ1) is 7.59. The van der Waals surface area contributed by atoms with Crippen LogP contribution in [0, 0.1) is 0 Å². The lowest BCUT2D eigenvalue weighted by Crippen LogP contribution is -2.37. The van der Waals surface area contributed by atoms with Gasteiger partial charge >= 0.3 is 0 Å². The summed E-state index contributed by atoms with van der Waals surface area (Å²) >= 11 is 0. The summed E-state index contributed by atoms with van der Waals surface area (Å²) in [6.07, 6.45) is 1.34. The number of carbonyl (C=O) groups is 1. The summed E-state index contributed by atoms with van der Waals surface area (Å²) < 4.78 is 0. The third-order valence-corrected chi connectivity index (χ3v) is 2.46. The molecule has 0 saturated carbocycles. The van der Waals surface area contributed by atoms with Gasteiger partial charge in [-0.3, -0.25) is 4.79 Å². The van der Waals surface area contributed by atoms with Gasteiger partial charge in [0.1, 0.15) is 0 Å². The van der Waals surface area contributed by atoms with Crippen LogP contribution in [0.25, 0.3) is 0 Å². The zero-order chi connectivity index (χ0) is 12.0. The Labute approximate surface area is 97.2 Å². The second-order valence-electron chi connectivity index (χ2n) is 4.24. The van der Waals surface area contributed by atoms with Crippen molar-refractivity contribution in [2.45, 2.75) is 25.8 Å². The molecule has 1 rings (SSSR count). The van der Waals surface area contributed by atoms with Crippen molar-refractivity contribution in [2.24, 2.45) is 5.73 Å². The second kappa shape index (κ2) is 6.28. The van der Waals surface area contributed by atoms with E-state index in [1.807, 2.05) is 37.3 Å². The van der Waals surface area contributed by atoms with Crippen LogP contribution in [0.15, 0.2) is 30.3 Å². The molecule has 0 aliphatic heterocycles. The van der Waals surface area contributed by atoms with Crippen LogP contribution < -0.4 is 5.73 Å². The van der Waals surface area contributed by atoms with Gasteiger partial charge in [-0.25, -0.2) is 0 Å². The summed E-state index contributed by atoms with van der Waals surface area (Å²) in [5.74, 6) is 0.154. The number of hydrogen-bond donors (Lipinski definition) is 1. The molecule has 0 spiro atoms. The van der Waals surface area contributed by atoms with E-state index in [1.54, 1.807) is 11.9 Å². The fourth-order valence-electron chi connectivity index (χ4n) is 1.62. The number of nitrogens with two attached hydrogens (primary N) is 1. The number of rotatable bonds is 5. The van der Waals surface area contributed by atoms with E-state index in [2.05, 4.69) is 0 Å². The van der Waals surface area contributed by atoms with Gasteiger partial charge in [0.05, 0.1) is 0 Å². The Morgan fingerprint density at radius 2 is 2.00 bits per heavy atom. The van der Waals surface area contributed by atoms with Gasteiger partial charge in [-0.1, -0.05) is 30.3 Å². The molecule has 2 N–H and O–H groups in total. The van der Waals surface area contributed by atoms with Crippen LogP contribution in [-0.2, 0) is 11.2 Å². The smallest absolute Gasteiger partial charge is 0.222 e. The quantitative estimate of drug-likeness (QED) is 0.816. The van der Waals surface area contributed by atoms with Crippen molar-refractivity contribution in [1.29, 1.82) is 0 Å². The summed E-state index contributed by atoms with van der Waals surface area (Å²) in [4.78, 5) is 13.4. The number of likely N-dealkylation sites (N-methyl/N-ethyl adjacent to an activating group) is 1. The van der Waals surface area contributed by atoms with E-state index in [0.717, 1.165) is 6.42 Å². The minimum absolute atomic E-state index is 0.0330. The molecule has 1 amide bonds. The molecule has 0 aliphatic rings. The van der Waals surface area contributed by atoms with Gasteiger partial charge in [-0.15, -0.1) is 0 Å². The first-order valence-electron chi connectivity index (χ1n) is 5.63. The maximum Gasteiger partial charge on any atom is 0.222 e. The van der Waals surface area contributed by atoms with Crippen molar-refractivity contribution in [3.8, 4) is 0 Å². The maximum atomic E-state index is 11.7. The van der Waals surface area contributed by atoms with E-state index in [4.69, 9.17) is 5.73 Å². The van der Waals surface area contributed by atoms with Crippen LogP contribution in [0.4, 0.5) is 0 Å². The molecule has 1 aromatic carbocycles. The van der Waals surface area contributed by atoms with Gasteiger partial charge in [0, 0.05) is 26.1 Å². The van der Waals surface area contributed by atoms with Crippen LogP contribution in [0.5, 0.6) is 0 Å². The van der Waals surface area contributed by atoms with Crippen LogP contribution in [0.2, 0.25) is 0 Å². The Hall–Kier alpha value is -1.35. The van der Waals surface area contributed by atoms with Crippen LogP contribution in [0.1, 0.15) is 18.9 Å². The van der Waals surface area contributed by atoms with E-state index in [9.17, 15) is 4.79 Å². The molecule has 0 heterocycles. The Balaban J connectivity index is 2.35. The third-order valence-electron chi connectivity index (χ3n) is 2.46. The highest BCUT2D eigenvalue weighted by Gasteiger charge is 2.09. The van der Waals surface area contributed by atoms with E-state index >= 15 is 0 Å². The van der Waals surface area contributed by atoms with Crippen molar-refractivity contribution in [1.82, 2.24) is 4.90 Å². The lowest BCUT2D eigenvalue weighted by Gasteiger charge is -2.19. The van der Waals surface area contributed by atoms with Crippen LogP contribution in [-0.4, -0.2) is 30.4 Å². The van der Waals surface area contributed by atoms with Gasteiger partial charge in [-0.2, -0.15) is 0 Å². The molecule has 0 bridgehead atoms. The summed E-state index contributed by atoms with van der Waals surface area (Å²) in [6.45, 7) is 2.52. The monoisotopic (exact) mass is 220 g/mol. The van der Waals surface area contributed by atoms with Crippen molar-refractivity contribution >= 4 is 5.91 Å². The number of nitrogens with zero attached hydrogens (tertiary/aromatic N) is 1. The molecule has 0 fully saturated rings. The van der Waals surface area contributed by atoms with Crippen molar-refractivity contribution in [3.05, 3.63) is 35.9 Å². The molecule has 1 atom stereocenters. The average Bonchev–Trinajstić information content (AvgIpc) is 2.26. The van der Waals surface area contributed by atoms with Gasteiger partial charge in [0.25, 0.3) is 0 Å². The normalized spacial score (nSPS) is 12.2. The highest BCUT2D eigenvalue weighted by atomic mass is 16.2. The van der Waals surface area contributed by atoms with Crippen molar-refractivity contribution < 1.29 is 4.79 Å². The molecule has 1 aromatic rings. The molecule has 0 saturated heterocycles. The minimum atomic E-state index is 0.0330. The van der Waals surface area contributed by atoms with Gasteiger partial charge < -0.3 is 10.6 Å². The Kier molecular flexibility index (Phi) is 4.99.